The number of benzene rings is 1. The highest BCUT2D eigenvalue weighted by Gasteiger charge is 1.98. The van der Waals surface area contributed by atoms with Crippen molar-refractivity contribution in [2.45, 2.75) is 10.6 Å². The Bertz CT molecular complexity index is 644. The van der Waals surface area contributed by atoms with E-state index in [-0.39, 0.29) is 0 Å². The number of ether oxygens (including phenoxy) is 1. The van der Waals surface area contributed by atoms with Crippen LogP contribution in [0.25, 0.3) is 0 Å². The number of pyridine rings is 1. The van der Waals surface area contributed by atoms with Gasteiger partial charge in [0.25, 0.3) is 0 Å². The standard InChI is InChI=1S/C16H18N2OS/c1-4-17-16-11-15(9-10-18(16)2)20-12-13-5-7-14(19-3)8-6-13/h4-11H,1,12H2,2-3H3/b17-16-. The first kappa shape index (κ1) is 14.5. The van der Waals surface area contributed by atoms with Crippen molar-refractivity contribution < 1.29 is 4.74 Å². The Labute approximate surface area is 123 Å². The van der Waals surface area contributed by atoms with Gasteiger partial charge in [0.2, 0.25) is 0 Å². The molecule has 1 aromatic heterocycles. The van der Waals surface area contributed by atoms with E-state index in [1.807, 2.05) is 29.9 Å². The smallest absolute Gasteiger partial charge is 0.133 e. The Morgan fingerprint density at radius 1 is 1.30 bits per heavy atom. The van der Waals surface area contributed by atoms with E-state index < -0.39 is 0 Å². The lowest BCUT2D eigenvalue weighted by Crippen LogP contribution is -2.15. The number of thioether (sulfide) groups is 1. The van der Waals surface area contributed by atoms with E-state index >= 15 is 0 Å². The van der Waals surface area contributed by atoms with Gasteiger partial charge in [-0.3, -0.25) is 0 Å². The molecule has 20 heavy (non-hydrogen) atoms. The van der Waals surface area contributed by atoms with E-state index in [9.17, 15) is 0 Å². The van der Waals surface area contributed by atoms with Crippen molar-refractivity contribution in [1.82, 2.24) is 4.57 Å². The normalized spacial score (nSPS) is 11.4. The highest BCUT2D eigenvalue weighted by atomic mass is 32.2. The van der Waals surface area contributed by atoms with Crippen LogP contribution in [0.15, 0.2) is 65.3 Å². The summed E-state index contributed by atoms with van der Waals surface area (Å²) in [5.41, 5.74) is 2.17. The van der Waals surface area contributed by atoms with Gasteiger partial charge in [-0.15, -0.1) is 11.8 Å². The van der Waals surface area contributed by atoms with Crippen LogP contribution in [0.4, 0.5) is 0 Å². The molecule has 3 nitrogen and oxygen atoms in total. The molecule has 0 atom stereocenters. The van der Waals surface area contributed by atoms with E-state index in [1.165, 1.54) is 10.5 Å². The molecule has 0 aliphatic rings. The predicted molar refractivity (Wildman–Crippen MR) is 83.7 cm³/mol. The number of aryl methyl sites for hydroxylation is 1. The van der Waals surface area contributed by atoms with E-state index in [1.54, 1.807) is 25.1 Å². The zero-order valence-corrected chi connectivity index (χ0v) is 12.6. The molecule has 2 rings (SSSR count). The van der Waals surface area contributed by atoms with Crippen molar-refractivity contribution in [3.8, 4) is 5.75 Å². The Balaban J connectivity index is 2.08. The molecule has 0 aliphatic heterocycles. The maximum absolute atomic E-state index is 5.16. The van der Waals surface area contributed by atoms with Crippen molar-refractivity contribution in [2.75, 3.05) is 7.11 Å². The molecule has 1 heterocycles. The van der Waals surface area contributed by atoms with Gasteiger partial charge in [-0.05, 0) is 29.8 Å². The first-order chi connectivity index (χ1) is 9.72. The van der Waals surface area contributed by atoms with Crippen molar-refractivity contribution >= 4 is 11.8 Å². The highest BCUT2D eigenvalue weighted by Crippen LogP contribution is 2.22. The molecule has 0 amide bonds. The summed E-state index contributed by atoms with van der Waals surface area (Å²) in [6, 6.07) is 12.3. The number of hydrogen-bond acceptors (Lipinski definition) is 3. The molecule has 104 valence electrons. The molecule has 0 unspecified atom stereocenters. The molecule has 0 fully saturated rings. The average molecular weight is 286 g/mol. The maximum Gasteiger partial charge on any atom is 0.133 e. The Morgan fingerprint density at radius 3 is 2.70 bits per heavy atom. The summed E-state index contributed by atoms with van der Waals surface area (Å²) in [6.07, 6.45) is 3.58. The van der Waals surface area contributed by atoms with Crippen LogP contribution in [0.1, 0.15) is 5.56 Å². The summed E-state index contributed by atoms with van der Waals surface area (Å²) in [7, 11) is 3.65. The Kier molecular flexibility index (Phi) is 5.07. The highest BCUT2D eigenvalue weighted by molar-refractivity contribution is 7.98. The van der Waals surface area contributed by atoms with Gasteiger partial charge in [-0.2, -0.15) is 0 Å². The van der Waals surface area contributed by atoms with Crippen LogP contribution >= 0.6 is 11.8 Å². The van der Waals surface area contributed by atoms with Gasteiger partial charge in [-0.1, -0.05) is 18.7 Å². The third kappa shape index (κ3) is 3.78. The van der Waals surface area contributed by atoms with E-state index in [0.29, 0.717) is 0 Å². The second-order valence-electron chi connectivity index (χ2n) is 4.28. The van der Waals surface area contributed by atoms with Crippen LogP contribution < -0.4 is 10.2 Å². The van der Waals surface area contributed by atoms with Crippen LogP contribution in [0.5, 0.6) is 5.75 Å². The lowest BCUT2D eigenvalue weighted by Gasteiger charge is -2.05. The molecule has 0 saturated carbocycles. The van der Waals surface area contributed by atoms with E-state index in [4.69, 9.17) is 4.74 Å². The fraction of sp³-hybridized carbons (Fsp3) is 0.188. The third-order valence-electron chi connectivity index (χ3n) is 2.88. The second kappa shape index (κ2) is 7.01. The summed E-state index contributed by atoms with van der Waals surface area (Å²) in [5, 5.41) is 0. The summed E-state index contributed by atoms with van der Waals surface area (Å²) in [4.78, 5) is 5.44. The second-order valence-corrected chi connectivity index (χ2v) is 5.33. The van der Waals surface area contributed by atoms with Crippen molar-refractivity contribution in [3.05, 3.63) is 66.4 Å². The monoisotopic (exact) mass is 286 g/mol. The zero-order valence-electron chi connectivity index (χ0n) is 11.7. The molecule has 0 bridgehead atoms. The molecule has 1 aromatic carbocycles. The van der Waals surface area contributed by atoms with Crippen molar-refractivity contribution in [1.29, 1.82) is 0 Å². The number of rotatable bonds is 5. The molecule has 0 aliphatic carbocycles. The van der Waals surface area contributed by atoms with E-state index in [2.05, 4.69) is 35.8 Å². The van der Waals surface area contributed by atoms with Gasteiger partial charge in [0.05, 0.1) is 7.11 Å². The predicted octanol–water partition coefficient (Wildman–Crippen LogP) is 3.37. The summed E-state index contributed by atoms with van der Waals surface area (Å²) < 4.78 is 7.13. The van der Waals surface area contributed by atoms with Crippen LogP contribution in [0.2, 0.25) is 0 Å². The number of methoxy groups -OCH3 is 1. The maximum atomic E-state index is 5.16. The van der Waals surface area contributed by atoms with Crippen LogP contribution in [0.3, 0.4) is 0 Å². The van der Waals surface area contributed by atoms with Gasteiger partial charge in [-0.25, -0.2) is 4.99 Å². The van der Waals surface area contributed by atoms with Gasteiger partial charge in [0, 0.05) is 30.1 Å². The van der Waals surface area contributed by atoms with Gasteiger partial charge >= 0.3 is 0 Å². The summed E-state index contributed by atoms with van der Waals surface area (Å²) >= 11 is 1.79. The molecule has 0 spiro atoms. The third-order valence-corrected chi connectivity index (χ3v) is 3.95. The Hall–Kier alpha value is -1.94. The summed E-state index contributed by atoms with van der Waals surface area (Å²) in [5.74, 6) is 1.81. The quantitative estimate of drug-likeness (QED) is 0.788. The molecular formula is C16H18N2OS. The molecule has 0 saturated heterocycles. The Morgan fingerprint density at radius 2 is 2.05 bits per heavy atom. The van der Waals surface area contributed by atoms with Gasteiger partial charge < -0.3 is 9.30 Å². The minimum atomic E-state index is 0.887. The minimum absolute atomic E-state index is 0.887. The molecular weight excluding hydrogens is 268 g/mol. The molecule has 4 heteroatoms. The van der Waals surface area contributed by atoms with Crippen molar-refractivity contribution in [3.63, 3.8) is 0 Å². The topological polar surface area (TPSA) is 26.5 Å². The first-order valence-corrected chi connectivity index (χ1v) is 7.28. The fourth-order valence-electron chi connectivity index (χ4n) is 1.74. The minimum Gasteiger partial charge on any atom is -0.497 e. The van der Waals surface area contributed by atoms with Crippen molar-refractivity contribution in [2.24, 2.45) is 12.0 Å². The fourth-order valence-corrected chi connectivity index (χ4v) is 2.61. The molecule has 0 radical (unpaired) electrons. The number of aromatic nitrogens is 1. The van der Waals surface area contributed by atoms with Crippen LogP contribution in [0, 0.1) is 0 Å². The van der Waals surface area contributed by atoms with Crippen LogP contribution in [-0.4, -0.2) is 11.7 Å². The van der Waals surface area contributed by atoms with Crippen LogP contribution in [-0.2, 0) is 12.8 Å². The van der Waals surface area contributed by atoms with Gasteiger partial charge in [0.15, 0.2) is 0 Å². The molecule has 0 N–H and O–H groups in total. The largest absolute Gasteiger partial charge is 0.497 e. The first-order valence-electron chi connectivity index (χ1n) is 6.30. The van der Waals surface area contributed by atoms with E-state index in [0.717, 1.165) is 17.0 Å². The molecule has 2 aromatic rings. The lowest BCUT2D eigenvalue weighted by molar-refractivity contribution is 0.414. The lowest BCUT2D eigenvalue weighted by atomic mass is 10.2. The van der Waals surface area contributed by atoms with Gasteiger partial charge in [0.1, 0.15) is 11.2 Å². The number of hydrogen-bond donors (Lipinski definition) is 0. The zero-order chi connectivity index (χ0) is 14.4. The SMILES string of the molecule is C=C/N=c1/cc(SCc2ccc(OC)cc2)ccn1C. The number of nitrogens with zero attached hydrogens (tertiary/aromatic N) is 2. The summed E-state index contributed by atoms with van der Waals surface area (Å²) in [6.45, 7) is 3.64. The average Bonchev–Trinajstić information content (AvgIpc) is 2.49.